The lowest BCUT2D eigenvalue weighted by atomic mass is 10.2. The molecule has 16 heteroatoms. The first-order valence-electron chi connectivity index (χ1n) is 15.6. The highest BCUT2D eigenvalue weighted by molar-refractivity contribution is 6.85. The monoisotopic (exact) mass is 704 g/mol. The van der Waals surface area contributed by atoms with Crippen LogP contribution in [0.3, 0.4) is 0 Å². The first kappa shape index (κ1) is 39.9. The summed E-state index contributed by atoms with van der Waals surface area (Å²) in [5, 5.41) is 11.7. The van der Waals surface area contributed by atoms with Crippen LogP contribution in [-0.4, -0.2) is 77.0 Å². The summed E-state index contributed by atoms with van der Waals surface area (Å²) >= 11 is 0. The van der Waals surface area contributed by atoms with Crippen LogP contribution < -0.4 is 21.3 Å². The Kier molecular flexibility index (Phi) is 16.3. The number of carbonyl (C=O) groups excluding carboxylic acids is 2. The molecule has 43 heavy (non-hydrogen) atoms. The Balaban J connectivity index is 2.59. The zero-order chi connectivity index (χ0) is 33.1. The van der Waals surface area contributed by atoms with Gasteiger partial charge in [0.1, 0.15) is 0 Å². The van der Waals surface area contributed by atoms with E-state index in [9.17, 15) is 9.59 Å². The predicted octanol–water partition coefficient (Wildman–Crippen LogP) is 6.87. The van der Waals surface area contributed by atoms with E-state index >= 15 is 0 Å². The fourth-order valence-electron chi connectivity index (χ4n) is 4.96. The Hall–Kier alpha value is -1.10. The fraction of sp³-hybridized carbons (Fsp3) is 0.704. The Morgan fingerprint density at radius 3 is 1.51 bits per heavy atom. The number of hydrogen-bond donors (Lipinski definition) is 4. The minimum absolute atomic E-state index is 0.280. The van der Waals surface area contributed by atoms with Gasteiger partial charge >= 0.3 is 29.2 Å². The van der Waals surface area contributed by atoms with Crippen molar-refractivity contribution in [3.8, 4) is 0 Å². The second-order valence-corrected chi connectivity index (χ2v) is 35.7. The topological polar surface area (TPSA) is 119 Å². The molecule has 0 aliphatic rings. The van der Waals surface area contributed by atoms with E-state index in [0.717, 1.165) is 30.5 Å². The molecule has 0 heterocycles. The van der Waals surface area contributed by atoms with E-state index in [1.54, 1.807) is 6.07 Å². The molecule has 1 aromatic carbocycles. The molecule has 0 aliphatic carbocycles. The molecule has 0 fully saturated rings. The lowest BCUT2D eigenvalue weighted by molar-refractivity contribution is 0.251. The molecule has 0 bridgehead atoms. The molecule has 1 rings (SSSR count). The van der Waals surface area contributed by atoms with Gasteiger partial charge in [-0.25, -0.2) is 9.59 Å². The highest BCUT2D eigenvalue weighted by atomic mass is 28.5. The normalized spacial score (nSPS) is 15.1. The van der Waals surface area contributed by atoms with Crippen molar-refractivity contribution in [2.75, 3.05) is 23.7 Å². The Bertz CT molecular complexity index is 1040. The number of hydrogen-bond acceptors (Lipinski definition) is 6. The van der Waals surface area contributed by atoms with Crippen LogP contribution in [-0.2, 0) is 16.5 Å². The van der Waals surface area contributed by atoms with Gasteiger partial charge in [-0.1, -0.05) is 6.07 Å². The average molecular weight is 705 g/mol. The maximum atomic E-state index is 12.7. The number of urea groups is 2. The van der Waals surface area contributed by atoms with Crippen molar-refractivity contribution >= 4 is 75.3 Å². The molecule has 0 aliphatic heterocycles. The van der Waals surface area contributed by atoms with Gasteiger partial charge in [-0.15, -0.1) is 0 Å². The number of nitrogens with one attached hydrogen (secondary N) is 4. The van der Waals surface area contributed by atoms with Crippen LogP contribution in [0.5, 0.6) is 0 Å². The predicted molar refractivity (Wildman–Crippen MR) is 196 cm³/mol. The summed E-state index contributed by atoms with van der Waals surface area (Å²) in [4.78, 5) is 25.3. The minimum atomic E-state index is -2.27. The molecule has 2 unspecified atom stereocenters. The maximum absolute atomic E-state index is 12.7. The van der Waals surface area contributed by atoms with E-state index < -0.39 is 51.8 Å². The maximum Gasteiger partial charge on any atom is 0.319 e. The first-order chi connectivity index (χ1) is 19.6. The van der Waals surface area contributed by atoms with Gasteiger partial charge in [0.2, 0.25) is 0 Å². The van der Waals surface area contributed by atoms with Gasteiger partial charge in [-0.3, -0.25) is 0 Å². The van der Waals surface area contributed by atoms with Crippen molar-refractivity contribution in [1.29, 1.82) is 0 Å². The summed E-state index contributed by atoms with van der Waals surface area (Å²) in [6.45, 7) is 29.1. The van der Waals surface area contributed by atoms with Crippen LogP contribution in [0.25, 0.3) is 0 Å². The second-order valence-electron chi connectivity index (χ2n) is 14.0. The van der Waals surface area contributed by atoms with Crippen LogP contribution in [0.15, 0.2) is 18.2 Å². The Morgan fingerprint density at radius 1 is 0.698 bits per heavy atom. The van der Waals surface area contributed by atoms with Crippen molar-refractivity contribution in [2.24, 2.45) is 0 Å². The van der Waals surface area contributed by atoms with Crippen LogP contribution in [0.1, 0.15) is 18.4 Å². The SMILES string of the molecule is Cc1ccc(NC(=O)NCCC[Si](C)(O[SiH](C)C)O[Si](C)(C)C)cc1NC(=O)NCCC[Si](C)(O[SiH](C)C)O[Si](C)(C)C. The lowest BCUT2D eigenvalue weighted by Crippen LogP contribution is -2.49. The van der Waals surface area contributed by atoms with E-state index in [4.69, 9.17) is 16.5 Å². The third-order valence-corrected chi connectivity index (χ3v) is 24.6. The molecule has 0 saturated carbocycles. The first-order valence-corrected chi connectivity index (χ1v) is 33.0. The Labute approximate surface area is 269 Å². The number of rotatable bonds is 18. The second kappa shape index (κ2) is 17.6. The zero-order valence-corrected chi connectivity index (χ0v) is 35.4. The molecule has 4 N–H and O–H groups in total. The van der Waals surface area contributed by atoms with Crippen molar-refractivity contribution < 1.29 is 26.0 Å². The minimum Gasteiger partial charge on any atom is -0.439 e. The smallest absolute Gasteiger partial charge is 0.319 e. The molecule has 4 amide bonds. The summed E-state index contributed by atoms with van der Waals surface area (Å²) in [5.41, 5.74) is 2.15. The summed E-state index contributed by atoms with van der Waals surface area (Å²) in [7, 11) is -10.5. The molecule has 2 atom stereocenters. The number of amides is 4. The van der Waals surface area contributed by atoms with E-state index in [1.165, 1.54) is 0 Å². The number of benzene rings is 1. The summed E-state index contributed by atoms with van der Waals surface area (Å²) in [6, 6.07) is 6.60. The molecule has 0 spiro atoms. The van der Waals surface area contributed by atoms with Gasteiger partial charge in [0, 0.05) is 24.5 Å². The number of carbonyl (C=O) groups is 2. The third kappa shape index (κ3) is 18.5. The lowest BCUT2D eigenvalue weighted by Gasteiger charge is -2.35. The zero-order valence-electron chi connectivity index (χ0n) is 29.1. The quantitative estimate of drug-likeness (QED) is 0.0979. The summed E-state index contributed by atoms with van der Waals surface area (Å²) in [5.74, 6) is 0. The van der Waals surface area contributed by atoms with Gasteiger partial charge in [-0.2, -0.15) is 0 Å². The van der Waals surface area contributed by atoms with Crippen LogP contribution in [0, 0.1) is 6.92 Å². The van der Waals surface area contributed by atoms with Gasteiger partial charge in [0.25, 0.3) is 0 Å². The van der Waals surface area contributed by atoms with Crippen molar-refractivity contribution in [1.82, 2.24) is 10.6 Å². The molecule has 10 nitrogen and oxygen atoms in total. The molecule has 0 radical (unpaired) electrons. The van der Waals surface area contributed by atoms with E-state index in [2.05, 4.69) is 99.8 Å². The van der Waals surface area contributed by atoms with Crippen molar-refractivity contribution in [3.05, 3.63) is 23.8 Å². The van der Waals surface area contributed by atoms with Gasteiger partial charge in [-0.05, 0) is 128 Å². The molecule has 248 valence electrons. The third-order valence-electron chi connectivity index (χ3n) is 5.94. The van der Waals surface area contributed by atoms with Crippen molar-refractivity contribution in [3.63, 3.8) is 0 Å². The summed E-state index contributed by atoms with van der Waals surface area (Å²) in [6.07, 6.45) is 1.58. The van der Waals surface area contributed by atoms with Gasteiger partial charge in [0.15, 0.2) is 34.7 Å². The molecule has 0 saturated heterocycles. The van der Waals surface area contributed by atoms with Crippen LogP contribution in [0.4, 0.5) is 21.0 Å². The van der Waals surface area contributed by atoms with Crippen LogP contribution in [0.2, 0.25) is 90.7 Å². The van der Waals surface area contributed by atoms with Crippen LogP contribution >= 0.6 is 0 Å². The number of aryl methyl sites for hydroxylation is 1. The summed E-state index contributed by atoms with van der Waals surface area (Å²) < 4.78 is 25.7. The van der Waals surface area contributed by atoms with Gasteiger partial charge < -0.3 is 37.7 Å². The average Bonchev–Trinajstić information content (AvgIpc) is 2.78. The fourth-order valence-corrected chi connectivity index (χ4v) is 27.9. The van der Waals surface area contributed by atoms with E-state index in [1.807, 2.05) is 19.1 Å². The standard InChI is InChI=1S/C27H60N4O6Si6/c1-23-16-17-24(30-26(32)28-18-14-20-42(12,34-38(2)3)36-40(6,7)8)22-25(23)31-27(33)29-19-15-21-43(13,35-39(4)5)37-41(9,10)11/h16-17,22,38-39H,14-15,18-21H2,1-13H3,(H2,28,30,32)(H2,29,31,33). The largest absolute Gasteiger partial charge is 0.439 e. The van der Waals surface area contributed by atoms with Crippen molar-refractivity contribution in [2.45, 2.75) is 110 Å². The molecular formula is C27H60N4O6Si6. The van der Waals surface area contributed by atoms with Gasteiger partial charge in [0.05, 0.1) is 0 Å². The Morgan fingerprint density at radius 2 is 1.12 bits per heavy atom. The highest BCUT2D eigenvalue weighted by Gasteiger charge is 2.37. The molecule has 1 aromatic rings. The van der Waals surface area contributed by atoms with E-state index in [0.29, 0.717) is 24.5 Å². The highest BCUT2D eigenvalue weighted by Crippen LogP contribution is 2.24. The molecular weight excluding hydrogens is 645 g/mol. The molecule has 0 aromatic heterocycles. The van der Waals surface area contributed by atoms with E-state index in [-0.39, 0.29) is 12.1 Å². The number of anilines is 2.